The molecule has 0 unspecified atom stereocenters. The van der Waals surface area contributed by atoms with E-state index in [0.717, 1.165) is 26.1 Å². The normalized spacial score (nSPS) is 26.9. The van der Waals surface area contributed by atoms with Crippen molar-refractivity contribution in [1.29, 1.82) is 0 Å². The maximum Gasteiger partial charge on any atom is 0.242 e. The third-order valence-electron chi connectivity index (χ3n) is 11.8. The maximum atomic E-state index is 15.0. The number of halogens is 2. The lowest BCUT2D eigenvalue weighted by Gasteiger charge is -2.49. The number of anilines is 2. The SMILES string of the molecule is Cc1c(-c2cc(N3C(=O)[C@@H]4C[C@@H]5C(=CC[C@@H]6C(=O)N(c7ccccc7)C(=O)[C@@H]65)[C@H](c5ccc(O)cc5Cl)[C@]4(C)C3=O)n(C)n2)sc2ccc(Cl)cc12. The van der Waals surface area contributed by atoms with Gasteiger partial charge in [-0.15, -0.1) is 11.3 Å². The van der Waals surface area contributed by atoms with Gasteiger partial charge in [0.15, 0.2) is 0 Å². The number of phenols is 1. The van der Waals surface area contributed by atoms with Crippen LogP contribution in [0, 0.1) is 36.0 Å². The van der Waals surface area contributed by atoms with Crippen molar-refractivity contribution in [2.75, 3.05) is 9.80 Å². The zero-order valence-electron chi connectivity index (χ0n) is 28.3. The predicted molar refractivity (Wildman–Crippen MR) is 200 cm³/mol. The summed E-state index contributed by atoms with van der Waals surface area (Å²) < 4.78 is 2.61. The van der Waals surface area contributed by atoms with Crippen LogP contribution in [0.1, 0.15) is 36.8 Å². The maximum absolute atomic E-state index is 15.0. The lowest BCUT2D eigenvalue weighted by Crippen LogP contribution is -2.49. The molecule has 262 valence electrons. The van der Waals surface area contributed by atoms with E-state index < -0.39 is 40.9 Å². The van der Waals surface area contributed by atoms with E-state index in [4.69, 9.17) is 28.3 Å². The molecule has 6 atom stereocenters. The van der Waals surface area contributed by atoms with Crippen LogP contribution >= 0.6 is 34.5 Å². The highest BCUT2D eigenvalue weighted by atomic mass is 35.5. The van der Waals surface area contributed by atoms with Gasteiger partial charge in [-0.05, 0) is 91.6 Å². The third kappa shape index (κ3) is 4.50. The molecule has 1 saturated carbocycles. The minimum Gasteiger partial charge on any atom is -0.508 e. The van der Waals surface area contributed by atoms with Gasteiger partial charge in [-0.1, -0.05) is 59.1 Å². The number of nitrogens with zero attached hydrogens (tertiary/aromatic N) is 4. The van der Waals surface area contributed by atoms with Crippen LogP contribution in [0.4, 0.5) is 11.5 Å². The lowest BCUT2D eigenvalue weighted by molar-refractivity contribution is -0.131. The Hall–Kier alpha value is -4.77. The van der Waals surface area contributed by atoms with Gasteiger partial charge in [-0.2, -0.15) is 5.10 Å². The van der Waals surface area contributed by atoms with Crippen molar-refractivity contribution in [3.63, 3.8) is 0 Å². The van der Waals surface area contributed by atoms with E-state index >= 15 is 4.79 Å². The van der Waals surface area contributed by atoms with Gasteiger partial charge < -0.3 is 5.11 Å². The van der Waals surface area contributed by atoms with Crippen LogP contribution in [0.3, 0.4) is 0 Å². The number of imide groups is 2. The summed E-state index contributed by atoms with van der Waals surface area (Å²) in [5.74, 6) is -4.39. The van der Waals surface area contributed by atoms with E-state index in [-0.39, 0.29) is 34.9 Å². The smallest absolute Gasteiger partial charge is 0.242 e. The molecule has 52 heavy (non-hydrogen) atoms. The second-order valence-electron chi connectivity index (χ2n) is 14.4. The van der Waals surface area contributed by atoms with E-state index in [1.807, 2.05) is 44.2 Å². The molecule has 9 nitrogen and oxygen atoms in total. The molecule has 0 radical (unpaired) electrons. The van der Waals surface area contributed by atoms with Crippen molar-refractivity contribution in [3.8, 4) is 16.3 Å². The Morgan fingerprint density at radius 2 is 1.67 bits per heavy atom. The highest BCUT2D eigenvalue weighted by Crippen LogP contribution is 2.64. The number of thiophene rings is 1. The van der Waals surface area contributed by atoms with Gasteiger partial charge in [0.25, 0.3) is 0 Å². The van der Waals surface area contributed by atoms with Crippen LogP contribution in [0.5, 0.6) is 5.75 Å². The summed E-state index contributed by atoms with van der Waals surface area (Å²) in [7, 11) is 1.71. The molecular weight excluding hydrogens is 719 g/mol. The van der Waals surface area contributed by atoms with Gasteiger partial charge in [-0.25, -0.2) is 4.90 Å². The van der Waals surface area contributed by atoms with E-state index in [9.17, 15) is 19.5 Å². The molecule has 2 saturated heterocycles. The average Bonchev–Trinajstić information content (AvgIpc) is 3.79. The molecule has 5 aromatic rings. The average molecular weight is 752 g/mol. The van der Waals surface area contributed by atoms with Crippen molar-refractivity contribution >= 4 is 79.8 Å². The van der Waals surface area contributed by atoms with Crippen LogP contribution < -0.4 is 9.80 Å². The summed E-state index contributed by atoms with van der Waals surface area (Å²) in [5.41, 5.74) is 2.23. The van der Waals surface area contributed by atoms with Gasteiger partial charge in [0.2, 0.25) is 23.6 Å². The molecular formula is C40H32Cl2N4O5S. The first-order chi connectivity index (χ1) is 24.9. The molecule has 4 amide bonds. The summed E-state index contributed by atoms with van der Waals surface area (Å²) in [6, 6.07) is 21.0. The molecule has 9 rings (SSSR count). The first-order valence-corrected chi connectivity index (χ1v) is 18.7. The van der Waals surface area contributed by atoms with Crippen LogP contribution in [0.2, 0.25) is 10.0 Å². The number of aromatic hydroxyl groups is 1. The quantitative estimate of drug-likeness (QED) is 0.147. The number of benzene rings is 3. The Kier molecular flexibility index (Phi) is 7.39. The number of hydrogen-bond acceptors (Lipinski definition) is 7. The predicted octanol–water partition coefficient (Wildman–Crippen LogP) is 8.06. The lowest BCUT2D eigenvalue weighted by atomic mass is 9.51. The van der Waals surface area contributed by atoms with Gasteiger partial charge in [-0.3, -0.25) is 28.8 Å². The fraction of sp³-hybridized carbons (Fsp3) is 0.275. The van der Waals surface area contributed by atoms with Gasteiger partial charge in [0.05, 0.1) is 33.7 Å². The van der Waals surface area contributed by atoms with E-state index in [2.05, 4.69) is 0 Å². The Morgan fingerprint density at radius 1 is 0.904 bits per heavy atom. The standard InChI is InChI=1S/C40H32Cl2N4O5S/c1-19-26-15-20(41)9-14-31(26)52-35(19)30-18-32(44(3)43-30)46-37(49)28-17-27-23(34(40(28,2)39(46)51)24-11-10-22(47)16-29(24)42)12-13-25-33(27)38(50)45(36(25)48)21-7-5-4-6-8-21/h4-12,14-16,18,25,27-28,33-34,47H,13,17H2,1-3H3/t25-,27+,28-,33-,34+,40+/m0/s1. The van der Waals surface area contributed by atoms with Crippen molar-refractivity contribution in [2.24, 2.45) is 36.1 Å². The zero-order valence-corrected chi connectivity index (χ0v) is 30.7. The van der Waals surface area contributed by atoms with Crippen LogP contribution in [0.15, 0.2) is 84.4 Å². The second-order valence-corrected chi connectivity index (χ2v) is 16.3. The van der Waals surface area contributed by atoms with Gasteiger partial charge in [0, 0.05) is 33.8 Å². The number of rotatable bonds is 4. The molecule has 3 fully saturated rings. The fourth-order valence-corrected chi connectivity index (χ4v) is 11.0. The highest BCUT2D eigenvalue weighted by molar-refractivity contribution is 7.22. The Bertz CT molecular complexity index is 2440. The number of allylic oxidation sites excluding steroid dienone is 2. The number of para-hydroxylation sites is 1. The number of aromatic nitrogens is 2. The van der Waals surface area contributed by atoms with Gasteiger partial charge >= 0.3 is 0 Å². The molecule has 2 aliphatic carbocycles. The highest BCUT2D eigenvalue weighted by Gasteiger charge is 2.68. The van der Waals surface area contributed by atoms with Crippen molar-refractivity contribution in [2.45, 2.75) is 32.6 Å². The number of hydrogen-bond donors (Lipinski definition) is 1. The number of phenolic OH excluding ortho intramolecular Hbond substituents is 1. The Morgan fingerprint density at radius 3 is 2.42 bits per heavy atom. The van der Waals surface area contributed by atoms with E-state index in [1.54, 1.807) is 59.5 Å². The minimum atomic E-state index is -1.30. The molecule has 2 aromatic heterocycles. The largest absolute Gasteiger partial charge is 0.508 e. The Labute approximate surface area is 313 Å². The molecule has 1 N–H and O–H groups in total. The summed E-state index contributed by atoms with van der Waals surface area (Å²) in [4.78, 5) is 61.4. The summed E-state index contributed by atoms with van der Waals surface area (Å²) in [6.07, 6.45) is 2.51. The fourth-order valence-electron chi connectivity index (χ4n) is 9.37. The molecule has 0 spiro atoms. The molecule has 0 bridgehead atoms. The number of carbonyl (C=O) groups is 4. The Balaban J connectivity index is 1.16. The van der Waals surface area contributed by atoms with Crippen LogP contribution in [0.25, 0.3) is 20.7 Å². The molecule has 4 aliphatic rings. The molecule has 12 heteroatoms. The third-order valence-corrected chi connectivity index (χ3v) is 13.7. The number of carbonyl (C=O) groups excluding carboxylic acids is 4. The zero-order chi connectivity index (χ0) is 36.4. The number of amides is 4. The van der Waals surface area contributed by atoms with Gasteiger partial charge in [0.1, 0.15) is 17.3 Å². The summed E-state index contributed by atoms with van der Waals surface area (Å²) in [5, 5.41) is 17.0. The number of fused-ring (bicyclic) bond motifs is 5. The van der Waals surface area contributed by atoms with E-state index in [1.165, 1.54) is 21.9 Å². The minimum absolute atomic E-state index is 0.0350. The summed E-state index contributed by atoms with van der Waals surface area (Å²) >= 11 is 14.7. The monoisotopic (exact) mass is 750 g/mol. The van der Waals surface area contributed by atoms with Crippen molar-refractivity contribution in [1.82, 2.24) is 9.78 Å². The molecule has 3 aromatic carbocycles. The van der Waals surface area contributed by atoms with E-state index in [0.29, 0.717) is 34.2 Å². The number of aryl methyl sites for hydroxylation is 2. The molecule has 4 heterocycles. The molecule has 2 aliphatic heterocycles. The van der Waals surface area contributed by atoms with Crippen molar-refractivity contribution < 1.29 is 24.3 Å². The first-order valence-electron chi connectivity index (χ1n) is 17.1. The first kappa shape index (κ1) is 33.1. The second kappa shape index (κ2) is 11.6. The van der Waals surface area contributed by atoms with Crippen molar-refractivity contribution in [3.05, 3.63) is 106 Å². The van der Waals surface area contributed by atoms with Crippen LogP contribution in [-0.2, 0) is 26.2 Å². The van der Waals surface area contributed by atoms with Crippen LogP contribution in [-0.4, -0.2) is 38.5 Å². The topological polar surface area (TPSA) is 113 Å². The summed E-state index contributed by atoms with van der Waals surface area (Å²) in [6.45, 7) is 3.81.